The minimum absolute atomic E-state index is 0.278. The van der Waals surface area contributed by atoms with Crippen molar-refractivity contribution in [3.05, 3.63) is 40.5 Å². The summed E-state index contributed by atoms with van der Waals surface area (Å²) in [5.74, 6) is 0.609. The number of aromatic nitrogens is 2. The number of nitrogen functional groups attached to an aromatic ring is 1. The molecule has 0 bridgehead atoms. The number of hydrogen-bond donors (Lipinski definition) is 2. The fourth-order valence-electron chi connectivity index (χ4n) is 2.13. The minimum atomic E-state index is -0.402. The lowest BCUT2D eigenvalue weighted by atomic mass is 10.0. The number of halogens is 2. The molecule has 2 aromatic heterocycles. The Morgan fingerprint density at radius 1 is 1.38 bits per heavy atom. The van der Waals surface area contributed by atoms with Gasteiger partial charge in [-0.05, 0) is 29.6 Å². The summed E-state index contributed by atoms with van der Waals surface area (Å²) < 4.78 is 18.5. The van der Waals surface area contributed by atoms with Crippen LogP contribution in [0.1, 0.15) is 0 Å². The number of nitrogens with zero attached hydrogens (tertiary/aromatic N) is 1. The second-order valence-corrected chi connectivity index (χ2v) is 5.62. The number of anilines is 1. The number of rotatable bonds is 3. The molecule has 3 rings (SSSR count). The van der Waals surface area contributed by atoms with E-state index in [2.05, 4.69) is 10.2 Å². The van der Waals surface area contributed by atoms with E-state index in [-0.39, 0.29) is 5.02 Å². The lowest BCUT2D eigenvalue weighted by Crippen LogP contribution is -1.90. The Hall–Kier alpha value is -2.05. The van der Waals surface area contributed by atoms with Gasteiger partial charge in [-0.15, -0.1) is 11.3 Å². The summed E-state index contributed by atoms with van der Waals surface area (Å²) in [5, 5.41) is 9.12. The molecule has 3 aromatic rings. The highest BCUT2D eigenvalue weighted by atomic mass is 35.5. The predicted octanol–water partition coefficient (Wildman–Crippen LogP) is 4.19. The Labute approximate surface area is 129 Å². The largest absolute Gasteiger partial charge is 0.495 e. The highest BCUT2D eigenvalue weighted by molar-refractivity contribution is 7.14. The minimum Gasteiger partial charge on any atom is -0.495 e. The Morgan fingerprint density at radius 3 is 2.90 bits per heavy atom. The molecule has 0 aliphatic carbocycles. The molecular formula is C14H11ClFN3OS. The molecule has 2 heterocycles. The maximum Gasteiger partial charge on any atom is 0.153 e. The molecule has 0 aliphatic heterocycles. The van der Waals surface area contributed by atoms with E-state index >= 15 is 0 Å². The van der Waals surface area contributed by atoms with Crippen LogP contribution in [0, 0.1) is 5.82 Å². The van der Waals surface area contributed by atoms with Gasteiger partial charge >= 0.3 is 0 Å². The van der Waals surface area contributed by atoms with Crippen molar-refractivity contribution in [2.75, 3.05) is 12.8 Å². The van der Waals surface area contributed by atoms with Crippen molar-refractivity contribution < 1.29 is 9.13 Å². The zero-order chi connectivity index (χ0) is 15.0. The number of nitrogens with one attached hydrogen (secondary N) is 1. The topological polar surface area (TPSA) is 63.9 Å². The van der Waals surface area contributed by atoms with Crippen molar-refractivity contribution in [1.82, 2.24) is 10.2 Å². The normalized spacial score (nSPS) is 10.8. The van der Waals surface area contributed by atoms with Gasteiger partial charge < -0.3 is 10.5 Å². The molecule has 3 N–H and O–H groups in total. The molecule has 4 nitrogen and oxygen atoms in total. The molecule has 1 aromatic carbocycles. The Kier molecular flexibility index (Phi) is 3.57. The molecular weight excluding hydrogens is 313 g/mol. The first-order valence-corrected chi connectivity index (χ1v) is 7.28. The van der Waals surface area contributed by atoms with Gasteiger partial charge in [-0.3, -0.25) is 5.10 Å². The average molecular weight is 324 g/mol. The van der Waals surface area contributed by atoms with E-state index in [4.69, 9.17) is 22.1 Å². The fraction of sp³-hybridized carbons (Fsp3) is 0.0714. The summed E-state index contributed by atoms with van der Waals surface area (Å²) in [4.78, 5) is 0.858. The molecule has 0 aliphatic rings. The van der Waals surface area contributed by atoms with E-state index in [1.165, 1.54) is 23.5 Å². The molecule has 0 saturated carbocycles. The van der Waals surface area contributed by atoms with Crippen LogP contribution >= 0.6 is 22.9 Å². The number of nitrogens with two attached hydrogens (primary N) is 1. The molecule has 0 atom stereocenters. The first-order valence-electron chi connectivity index (χ1n) is 6.03. The van der Waals surface area contributed by atoms with Crippen molar-refractivity contribution in [2.45, 2.75) is 0 Å². The molecule has 0 unspecified atom stereocenters. The Bertz CT molecular complexity index is 799. The second-order valence-electron chi connectivity index (χ2n) is 4.30. The number of hydrogen-bond acceptors (Lipinski definition) is 4. The number of aromatic amines is 1. The molecule has 0 radical (unpaired) electrons. The lowest BCUT2D eigenvalue weighted by Gasteiger charge is -2.07. The van der Waals surface area contributed by atoms with Crippen LogP contribution in [-0.2, 0) is 0 Å². The number of H-pyrrole nitrogens is 1. The van der Waals surface area contributed by atoms with Crippen molar-refractivity contribution in [1.29, 1.82) is 0 Å². The van der Waals surface area contributed by atoms with Crippen LogP contribution in [0.4, 0.5) is 10.2 Å². The summed E-state index contributed by atoms with van der Waals surface area (Å²) in [6.07, 6.45) is 0. The van der Waals surface area contributed by atoms with Gasteiger partial charge in [0, 0.05) is 5.56 Å². The number of benzene rings is 1. The van der Waals surface area contributed by atoms with Crippen LogP contribution in [-0.4, -0.2) is 17.3 Å². The van der Waals surface area contributed by atoms with Gasteiger partial charge in [0.1, 0.15) is 11.6 Å². The lowest BCUT2D eigenvalue weighted by molar-refractivity contribution is 0.418. The number of thiophene rings is 1. The highest BCUT2D eigenvalue weighted by Gasteiger charge is 2.20. The molecule has 0 saturated heterocycles. The van der Waals surface area contributed by atoms with Crippen LogP contribution in [0.25, 0.3) is 21.7 Å². The first kappa shape index (κ1) is 13.9. The maximum atomic E-state index is 13.2. The van der Waals surface area contributed by atoms with Gasteiger partial charge in [0.2, 0.25) is 0 Å². The third-order valence-corrected chi connectivity index (χ3v) is 4.30. The first-order chi connectivity index (χ1) is 10.1. The summed E-state index contributed by atoms with van der Waals surface area (Å²) in [6.45, 7) is 0. The van der Waals surface area contributed by atoms with Gasteiger partial charge in [0.05, 0.1) is 28.3 Å². The molecule has 0 fully saturated rings. The second kappa shape index (κ2) is 5.38. The molecule has 21 heavy (non-hydrogen) atoms. The summed E-state index contributed by atoms with van der Waals surface area (Å²) in [7, 11) is 1.59. The third kappa shape index (κ3) is 2.36. The average Bonchev–Trinajstić information content (AvgIpc) is 3.05. The smallest absolute Gasteiger partial charge is 0.153 e. The predicted molar refractivity (Wildman–Crippen MR) is 83.3 cm³/mol. The molecule has 108 valence electrons. The van der Waals surface area contributed by atoms with Gasteiger partial charge in [-0.25, -0.2) is 4.39 Å². The van der Waals surface area contributed by atoms with Gasteiger partial charge in [-0.2, -0.15) is 5.10 Å². The molecule has 0 amide bonds. The fourth-order valence-corrected chi connectivity index (χ4v) is 3.25. The van der Waals surface area contributed by atoms with Crippen LogP contribution in [0.2, 0.25) is 5.02 Å². The van der Waals surface area contributed by atoms with Gasteiger partial charge in [0.25, 0.3) is 0 Å². The van der Waals surface area contributed by atoms with E-state index in [0.717, 1.165) is 4.88 Å². The molecule has 0 spiro atoms. The zero-order valence-electron chi connectivity index (χ0n) is 11.0. The summed E-state index contributed by atoms with van der Waals surface area (Å²) in [5.41, 5.74) is 7.91. The van der Waals surface area contributed by atoms with Crippen LogP contribution in [0.15, 0.2) is 29.6 Å². The van der Waals surface area contributed by atoms with E-state index in [1.54, 1.807) is 13.2 Å². The van der Waals surface area contributed by atoms with Crippen LogP contribution in [0.3, 0.4) is 0 Å². The Morgan fingerprint density at radius 2 is 2.19 bits per heavy atom. The summed E-state index contributed by atoms with van der Waals surface area (Å²) in [6, 6.07) is 6.03. The number of methoxy groups -OCH3 is 1. The SMILES string of the molecule is COc1ccsc1-c1[nH]nc(N)c1-c1ccc(F)cc1Cl. The zero-order valence-corrected chi connectivity index (χ0v) is 12.6. The van der Waals surface area contributed by atoms with Crippen molar-refractivity contribution in [3.8, 4) is 27.4 Å². The van der Waals surface area contributed by atoms with Crippen LogP contribution < -0.4 is 10.5 Å². The van der Waals surface area contributed by atoms with E-state index in [0.29, 0.717) is 28.4 Å². The monoisotopic (exact) mass is 323 g/mol. The maximum absolute atomic E-state index is 13.2. The number of ether oxygens (including phenoxy) is 1. The summed E-state index contributed by atoms with van der Waals surface area (Å²) >= 11 is 7.62. The van der Waals surface area contributed by atoms with Crippen molar-refractivity contribution in [3.63, 3.8) is 0 Å². The third-order valence-electron chi connectivity index (χ3n) is 3.07. The van der Waals surface area contributed by atoms with E-state index in [1.807, 2.05) is 11.4 Å². The highest BCUT2D eigenvalue weighted by Crippen LogP contribution is 2.43. The quantitative estimate of drug-likeness (QED) is 0.759. The van der Waals surface area contributed by atoms with Crippen molar-refractivity contribution in [2.24, 2.45) is 0 Å². The standard InChI is InChI=1S/C14H11ClFN3OS/c1-20-10-4-5-21-13(10)12-11(14(17)19-18-12)8-3-2-7(16)6-9(8)15/h2-6H,1H3,(H3,17,18,19). The van der Waals surface area contributed by atoms with Gasteiger partial charge in [-0.1, -0.05) is 11.6 Å². The van der Waals surface area contributed by atoms with Crippen molar-refractivity contribution >= 4 is 28.8 Å². The Balaban J connectivity index is 2.22. The van der Waals surface area contributed by atoms with Gasteiger partial charge in [0.15, 0.2) is 5.82 Å². The van der Waals surface area contributed by atoms with E-state index in [9.17, 15) is 4.39 Å². The molecule has 7 heteroatoms. The van der Waals surface area contributed by atoms with Crippen LogP contribution in [0.5, 0.6) is 5.75 Å². The van der Waals surface area contributed by atoms with E-state index < -0.39 is 5.82 Å².